The Kier molecular flexibility index (Phi) is 2.91. The number of hydrogen-bond donors (Lipinski definition) is 2. The summed E-state index contributed by atoms with van der Waals surface area (Å²) in [5, 5.41) is 7.27. The average molecular weight is 198 g/mol. The Labute approximate surface area is 80.9 Å². The van der Waals surface area contributed by atoms with Gasteiger partial charge >= 0.3 is 0 Å². The molecule has 0 aliphatic heterocycles. The van der Waals surface area contributed by atoms with Crippen LogP contribution in [0.3, 0.4) is 0 Å². The lowest BCUT2D eigenvalue weighted by Crippen LogP contribution is -2.14. The van der Waals surface area contributed by atoms with Crippen LogP contribution in [0.5, 0.6) is 11.5 Å². The number of benzene rings is 1. The minimum atomic E-state index is -0.571. The van der Waals surface area contributed by atoms with E-state index in [0.717, 1.165) is 0 Å². The molecule has 0 fully saturated rings. The lowest BCUT2D eigenvalue weighted by atomic mass is 10.1. The molecule has 76 valence electrons. The normalized spacial score (nSPS) is 9.64. The van der Waals surface area contributed by atoms with Crippen LogP contribution in [0.1, 0.15) is 5.56 Å². The number of nitrogens with two attached hydrogens (primary N) is 1. The predicted octanol–water partition coefficient (Wildman–Crippen LogP) is 1.13. The van der Waals surface area contributed by atoms with Gasteiger partial charge in [0, 0.05) is 0 Å². The summed E-state index contributed by atoms with van der Waals surface area (Å²) in [5.74, 6) is -0.621. The Morgan fingerprint density at radius 2 is 2.00 bits per heavy atom. The van der Waals surface area contributed by atoms with E-state index in [4.69, 9.17) is 20.6 Å². The summed E-state index contributed by atoms with van der Waals surface area (Å²) in [6, 6.07) is 2.60. The zero-order valence-corrected chi connectivity index (χ0v) is 7.93. The van der Waals surface area contributed by atoms with Gasteiger partial charge in [-0.25, -0.2) is 4.39 Å². The topological polar surface area (TPSA) is 68.3 Å². The van der Waals surface area contributed by atoms with Crippen LogP contribution in [0.2, 0.25) is 0 Å². The third-order valence-corrected chi connectivity index (χ3v) is 1.76. The molecule has 1 aromatic carbocycles. The van der Waals surface area contributed by atoms with Crippen molar-refractivity contribution in [1.29, 1.82) is 5.41 Å². The first-order valence-corrected chi connectivity index (χ1v) is 3.86. The third kappa shape index (κ3) is 1.61. The molecular weight excluding hydrogens is 187 g/mol. The maximum Gasteiger partial charge on any atom is 0.169 e. The second-order valence-corrected chi connectivity index (χ2v) is 2.57. The molecule has 14 heavy (non-hydrogen) atoms. The lowest BCUT2D eigenvalue weighted by molar-refractivity contribution is 0.372. The first kappa shape index (κ1) is 10.3. The first-order valence-electron chi connectivity index (χ1n) is 3.86. The van der Waals surface area contributed by atoms with Crippen LogP contribution in [0, 0.1) is 11.2 Å². The number of nitrogen functional groups attached to an aromatic ring is 1. The van der Waals surface area contributed by atoms with E-state index < -0.39 is 5.82 Å². The van der Waals surface area contributed by atoms with E-state index in [0.29, 0.717) is 5.75 Å². The van der Waals surface area contributed by atoms with Gasteiger partial charge in [0.2, 0.25) is 0 Å². The monoisotopic (exact) mass is 198 g/mol. The summed E-state index contributed by atoms with van der Waals surface area (Å²) in [7, 11) is 2.73. The van der Waals surface area contributed by atoms with E-state index in [9.17, 15) is 4.39 Å². The minimum Gasteiger partial charge on any atom is -0.496 e. The van der Waals surface area contributed by atoms with Gasteiger partial charge in [0.05, 0.1) is 14.2 Å². The van der Waals surface area contributed by atoms with Gasteiger partial charge in [0.25, 0.3) is 0 Å². The van der Waals surface area contributed by atoms with E-state index in [-0.39, 0.29) is 17.1 Å². The molecule has 0 saturated heterocycles. The molecule has 0 heterocycles. The molecular formula is C9H11FN2O2. The molecule has 0 radical (unpaired) electrons. The van der Waals surface area contributed by atoms with Gasteiger partial charge < -0.3 is 15.2 Å². The molecule has 0 spiro atoms. The fraction of sp³-hybridized carbons (Fsp3) is 0.222. The molecule has 1 rings (SSSR count). The third-order valence-electron chi connectivity index (χ3n) is 1.76. The highest BCUT2D eigenvalue weighted by atomic mass is 19.1. The van der Waals surface area contributed by atoms with Crippen molar-refractivity contribution in [3.63, 3.8) is 0 Å². The van der Waals surface area contributed by atoms with Gasteiger partial charge in [-0.3, -0.25) is 5.41 Å². The zero-order chi connectivity index (χ0) is 10.7. The number of methoxy groups -OCH3 is 2. The first-order chi connectivity index (χ1) is 6.61. The summed E-state index contributed by atoms with van der Waals surface area (Å²) in [6.07, 6.45) is 0. The van der Waals surface area contributed by atoms with Crippen molar-refractivity contribution in [1.82, 2.24) is 0 Å². The van der Waals surface area contributed by atoms with Gasteiger partial charge in [-0.1, -0.05) is 0 Å². The Morgan fingerprint density at radius 1 is 1.36 bits per heavy atom. The van der Waals surface area contributed by atoms with E-state index in [1.807, 2.05) is 0 Å². The highest BCUT2D eigenvalue weighted by molar-refractivity contribution is 6.00. The average Bonchev–Trinajstić information content (AvgIpc) is 2.17. The number of nitrogens with one attached hydrogen (secondary N) is 1. The van der Waals surface area contributed by atoms with Crippen LogP contribution in [0.4, 0.5) is 4.39 Å². The second-order valence-electron chi connectivity index (χ2n) is 2.57. The number of halogens is 1. The zero-order valence-electron chi connectivity index (χ0n) is 7.93. The van der Waals surface area contributed by atoms with E-state index >= 15 is 0 Å². The van der Waals surface area contributed by atoms with Gasteiger partial charge in [-0.15, -0.1) is 0 Å². The Balaban J connectivity index is 3.43. The highest BCUT2D eigenvalue weighted by Crippen LogP contribution is 2.30. The molecule has 1 aromatic rings. The second kappa shape index (κ2) is 3.95. The molecule has 0 atom stereocenters. The molecule has 4 nitrogen and oxygen atoms in total. The maximum absolute atomic E-state index is 13.2. The molecule has 0 saturated carbocycles. The maximum atomic E-state index is 13.2. The van der Waals surface area contributed by atoms with Crippen molar-refractivity contribution in [3.8, 4) is 11.5 Å². The standard InChI is InChI=1S/C9H11FN2O2/c1-13-6-4-3-5(10)8(14-2)7(6)9(11)12/h3-4H,1-2H3,(H3,11,12). The van der Waals surface area contributed by atoms with Gasteiger partial charge in [-0.05, 0) is 12.1 Å². The van der Waals surface area contributed by atoms with Crippen molar-refractivity contribution in [2.75, 3.05) is 14.2 Å². The SMILES string of the molecule is COc1ccc(F)c(OC)c1C(=N)N. The summed E-state index contributed by atoms with van der Waals surface area (Å²) in [5.41, 5.74) is 5.43. The van der Waals surface area contributed by atoms with Crippen LogP contribution in [0.25, 0.3) is 0 Å². The van der Waals surface area contributed by atoms with Crippen LogP contribution < -0.4 is 15.2 Å². The number of rotatable bonds is 3. The summed E-state index contributed by atoms with van der Waals surface area (Å²) >= 11 is 0. The Morgan fingerprint density at radius 3 is 2.43 bits per heavy atom. The smallest absolute Gasteiger partial charge is 0.169 e. The number of amidine groups is 1. The number of ether oxygens (including phenoxy) is 2. The van der Waals surface area contributed by atoms with Crippen molar-refractivity contribution in [3.05, 3.63) is 23.5 Å². The van der Waals surface area contributed by atoms with Gasteiger partial charge in [-0.2, -0.15) is 0 Å². The Hall–Kier alpha value is -1.78. The minimum absolute atomic E-state index is 0.0724. The Bertz CT molecular complexity index is 366. The van der Waals surface area contributed by atoms with Gasteiger partial charge in [0.15, 0.2) is 11.6 Å². The van der Waals surface area contributed by atoms with E-state index in [1.54, 1.807) is 0 Å². The van der Waals surface area contributed by atoms with Crippen molar-refractivity contribution >= 4 is 5.84 Å². The van der Waals surface area contributed by atoms with Crippen molar-refractivity contribution in [2.45, 2.75) is 0 Å². The fourth-order valence-corrected chi connectivity index (χ4v) is 1.16. The summed E-state index contributed by atoms with van der Waals surface area (Å²) < 4.78 is 22.9. The molecule has 5 heteroatoms. The van der Waals surface area contributed by atoms with Gasteiger partial charge in [0.1, 0.15) is 17.1 Å². The quantitative estimate of drug-likeness (QED) is 0.565. The number of hydrogen-bond acceptors (Lipinski definition) is 3. The molecule has 0 aliphatic rings. The molecule has 0 unspecified atom stereocenters. The van der Waals surface area contributed by atoms with Crippen molar-refractivity contribution < 1.29 is 13.9 Å². The van der Waals surface area contributed by atoms with Crippen molar-refractivity contribution in [2.24, 2.45) is 5.73 Å². The largest absolute Gasteiger partial charge is 0.496 e. The molecule has 0 aliphatic carbocycles. The molecule has 0 amide bonds. The van der Waals surface area contributed by atoms with Crippen LogP contribution in [0.15, 0.2) is 12.1 Å². The lowest BCUT2D eigenvalue weighted by Gasteiger charge is -2.11. The van der Waals surface area contributed by atoms with Crippen LogP contribution in [-0.2, 0) is 0 Å². The van der Waals surface area contributed by atoms with E-state index in [2.05, 4.69) is 0 Å². The molecule has 3 N–H and O–H groups in total. The summed E-state index contributed by atoms with van der Waals surface area (Å²) in [6.45, 7) is 0. The van der Waals surface area contributed by atoms with Crippen LogP contribution in [-0.4, -0.2) is 20.1 Å². The van der Waals surface area contributed by atoms with Crippen LogP contribution >= 0.6 is 0 Å². The summed E-state index contributed by atoms with van der Waals surface area (Å²) in [4.78, 5) is 0. The molecule has 0 bridgehead atoms. The van der Waals surface area contributed by atoms with E-state index in [1.165, 1.54) is 26.4 Å². The molecule has 0 aromatic heterocycles. The fourth-order valence-electron chi connectivity index (χ4n) is 1.16. The highest BCUT2D eigenvalue weighted by Gasteiger charge is 2.16. The predicted molar refractivity (Wildman–Crippen MR) is 50.5 cm³/mol.